The van der Waals surface area contributed by atoms with Crippen molar-refractivity contribution in [3.8, 4) is 0 Å². The summed E-state index contributed by atoms with van der Waals surface area (Å²) in [6.07, 6.45) is 2.85. The lowest BCUT2D eigenvalue weighted by Crippen LogP contribution is -2.38. The first-order valence-electron chi connectivity index (χ1n) is 4.32. The van der Waals surface area contributed by atoms with E-state index in [4.69, 9.17) is 4.74 Å². The zero-order chi connectivity index (χ0) is 9.19. The van der Waals surface area contributed by atoms with Crippen molar-refractivity contribution in [2.24, 2.45) is 0 Å². The Bertz CT molecular complexity index is 162. The van der Waals surface area contributed by atoms with Gasteiger partial charge in [-0.15, -0.1) is 0 Å². The summed E-state index contributed by atoms with van der Waals surface area (Å²) in [5, 5.41) is 3.03. The molecule has 1 N–H and O–H groups in total. The fourth-order valence-corrected chi connectivity index (χ4v) is 1.38. The van der Waals surface area contributed by atoms with Crippen LogP contribution < -0.4 is 5.32 Å². The first-order valence-corrected chi connectivity index (χ1v) is 4.32. The summed E-state index contributed by atoms with van der Waals surface area (Å²) in [7, 11) is 0. The van der Waals surface area contributed by atoms with Gasteiger partial charge in [0.1, 0.15) is 6.04 Å². The second-order valence-corrected chi connectivity index (χ2v) is 4.11. The van der Waals surface area contributed by atoms with Crippen LogP contribution in [0.2, 0.25) is 0 Å². The lowest BCUT2D eigenvalue weighted by atomic mass is 10.1. The van der Waals surface area contributed by atoms with Crippen LogP contribution in [0.15, 0.2) is 0 Å². The van der Waals surface area contributed by atoms with E-state index >= 15 is 0 Å². The molecule has 0 spiro atoms. The summed E-state index contributed by atoms with van der Waals surface area (Å²) in [6.45, 7) is 6.83. The molecule has 1 fully saturated rings. The molecule has 0 aromatic heterocycles. The molecule has 3 nitrogen and oxygen atoms in total. The molecule has 1 aliphatic rings. The van der Waals surface area contributed by atoms with Crippen LogP contribution in [0, 0.1) is 0 Å². The highest BCUT2D eigenvalue weighted by Gasteiger charge is 2.31. The van der Waals surface area contributed by atoms with Crippen LogP contribution in [-0.4, -0.2) is 30.6 Å². The van der Waals surface area contributed by atoms with E-state index in [9.17, 15) is 4.79 Å². The molecule has 0 bridgehead atoms. The molecule has 1 aliphatic heterocycles. The van der Waals surface area contributed by atoms with Gasteiger partial charge in [-0.3, -0.25) is 4.79 Å². The second kappa shape index (κ2) is 3.54. The predicted molar refractivity (Wildman–Crippen MR) is 46.7 cm³/mol. The Labute approximate surface area is 73.5 Å². The van der Waals surface area contributed by atoms with Crippen LogP contribution in [0.3, 0.4) is 0 Å². The first-order chi connectivity index (χ1) is 5.53. The first kappa shape index (κ1) is 9.68. The minimum absolute atomic E-state index is 0.00231. The maximum atomic E-state index is 10.4. The molecule has 69 valence electrons. The largest absolute Gasteiger partial charge is 0.370 e. The van der Waals surface area contributed by atoms with Crippen molar-refractivity contribution in [3.63, 3.8) is 0 Å². The highest BCUT2D eigenvalue weighted by Crippen LogP contribution is 2.18. The molecule has 1 saturated heterocycles. The lowest BCUT2D eigenvalue weighted by Gasteiger charge is -2.26. The van der Waals surface area contributed by atoms with Crippen molar-refractivity contribution in [2.75, 3.05) is 6.54 Å². The van der Waals surface area contributed by atoms with Gasteiger partial charge in [-0.1, -0.05) is 0 Å². The van der Waals surface area contributed by atoms with Crippen molar-refractivity contribution >= 4 is 6.29 Å². The van der Waals surface area contributed by atoms with E-state index in [-0.39, 0.29) is 17.7 Å². The summed E-state index contributed by atoms with van der Waals surface area (Å²) < 4.78 is 5.68. The summed E-state index contributed by atoms with van der Waals surface area (Å²) in [5.74, 6) is 0. The average Bonchev–Trinajstić information content (AvgIpc) is 2.31. The summed E-state index contributed by atoms with van der Waals surface area (Å²) in [5.41, 5.74) is -0.175. The van der Waals surface area contributed by atoms with Gasteiger partial charge in [0.2, 0.25) is 6.29 Å². The van der Waals surface area contributed by atoms with Gasteiger partial charge >= 0.3 is 0 Å². The third-order valence-electron chi connectivity index (χ3n) is 1.80. The van der Waals surface area contributed by atoms with Crippen molar-refractivity contribution in [2.45, 2.75) is 44.9 Å². The molecule has 12 heavy (non-hydrogen) atoms. The molecule has 1 radical (unpaired) electrons. The summed E-state index contributed by atoms with van der Waals surface area (Å²) in [6, 6.07) is -0.232. The van der Waals surface area contributed by atoms with Crippen LogP contribution >= 0.6 is 0 Å². The summed E-state index contributed by atoms with van der Waals surface area (Å²) >= 11 is 0. The monoisotopic (exact) mass is 170 g/mol. The van der Waals surface area contributed by atoms with E-state index in [1.807, 2.05) is 27.1 Å². The van der Waals surface area contributed by atoms with Crippen molar-refractivity contribution in [1.82, 2.24) is 5.32 Å². The quantitative estimate of drug-likeness (QED) is 0.661. The number of nitrogens with one attached hydrogen (secondary N) is 1. The van der Waals surface area contributed by atoms with Crippen molar-refractivity contribution in [3.05, 3.63) is 0 Å². The molecule has 0 aliphatic carbocycles. The highest BCUT2D eigenvalue weighted by atomic mass is 16.5. The van der Waals surface area contributed by atoms with Crippen molar-refractivity contribution < 1.29 is 9.53 Å². The minimum atomic E-state index is -0.232. The van der Waals surface area contributed by atoms with Crippen molar-refractivity contribution in [1.29, 1.82) is 0 Å². The zero-order valence-corrected chi connectivity index (χ0v) is 7.89. The number of hydrogen-bond acceptors (Lipinski definition) is 3. The average molecular weight is 170 g/mol. The SMILES string of the molecule is CC(C)(C)OC1CCN[C@@H]1[C]=O. The van der Waals surface area contributed by atoms with Gasteiger partial charge in [0.05, 0.1) is 11.7 Å². The summed E-state index contributed by atoms with van der Waals surface area (Å²) in [4.78, 5) is 10.4. The Balaban J connectivity index is 2.46. The van der Waals surface area contributed by atoms with E-state index in [1.54, 1.807) is 0 Å². The number of hydrogen-bond donors (Lipinski definition) is 1. The van der Waals surface area contributed by atoms with E-state index in [0.717, 1.165) is 13.0 Å². The normalized spacial score (nSPS) is 30.6. The highest BCUT2D eigenvalue weighted by molar-refractivity contribution is 5.60. The molecule has 1 unspecified atom stereocenters. The standard InChI is InChI=1S/C9H16NO2/c1-9(2,3)12-8-4-5-10-7(8)6-11/h7-8,10H,4-5H2,1-3H3/t7-,8?/m1/s1. The van der Waals surface area contributed by atoms with Gasteiger partial charge < -0.3 is 10.1 Å². The molecule has 2 atom stereocenters. The third kappa shape index (κ3) is 2.57. The maximum absolute atomic E-state index is 10.4. The van der Waals surface area contributed by atoms with Gasteiger partial charge in [-0.05, 0) is 33.7 Å². The molecule has 0 aromatic rings. The van der Waals surface area contributed by atoms with Crippen LogP contribution in [-0.2, 0) is 9.53 Å². The van der Waals surface area contributed by atoms with Gasteiger partial charge in [0, 0.05) is 0 Å². The lowest BCUT2D eigenvalue weighted by molar-refractivity contribution is -0.0563. The van der Waals surface area contributed by atoms with Gasteiger partial charge in [-0.2, -0.15) is 0 Å². The Morgan fingerprint density at radius 2 is 2.17 bits per heavy atom. The topological polar surface area (TPSA) is 38.3 Å². The maximum Gasteiger partial charge on any atom is 0.219 e. The Hall–Kier alpha value is -0.410. The Morgan fingerprint density at radius 3 is 2.67 bits per heavy atom. The molecule has 0 saturated carbocycles. The fourth-order valence-electron chi connectivity index (χ4n) is 1.38. The Kier molecular flexibility index (Phi) is 2.85. The van der Waals surface area contributed by atoms with Gasteiger partial charge in [0.15, 0.2) is 0 Å². The molecule has 1 heterocycles. The van der Waals surface area contributed by atoms with E-state index in [0.29, 0.717) is 0 Å². The van der Waals surface area contributed by atoms with Gasteiger partial charge in [-0.25, -0.2) is 0 Å². The smallest absolute Gasteiger partial charge is 0.219 e. The van der Waals surface area contributed by atoms with Crippen LogP contribution in [0.4, 0.5) is 0 Å². The molecule has 1 rings (SSSR count). The van der Waals surface area contributed by atoms with Crippen LogP contribution in [0.1, 0.15) is 27.2 Å². The molecular formula is C9H16NO2. The van der Waals surface area contributed by atoms with E-state index in [2.05, 4.69) is 5.32 Å². The molecular weight excluding hydrogens is 154 g/mol. The van der Waals surface area contributed by atoms with E-state index in [1.165, 1.54) is 0 Å². The molecule has 0 aromatic carbocycles. The van der Waals surface area contributed by atoms with Gasteiger partial charge in [0.25, 0.3) is 0 Å². The van der Waals surface area contributed by atoms with Crippen LogP contribution in [0.25, 0.3) is 0 Å². The Morgan fingerprint density at radius 1 is 1.50 bits per heavy atom. The zero-order valence-electron chi connectivity index (χ0n) is 7.89. The van der Waals surface area contributed by atoms with E-state index < -0.39 is 0 Å². The second-order valence-electron chi connectivity index (χ2n) is 4.11. The predicted octanol–water partition coefficient (Wildman–Crippen LogP) is 0.642. The molecule has 3 heteroatoms. The third-order valence-corrected chi connectivity index (χ3v) is 1.80. The number of rotatable bonds is 2. The fraction of sp³-hybridized carbons (Fsp3) is 0.889. The minimum Gasteiger partial charge on any atom is -0.370 e. The van der Waals surface area contributed by atoms with Crippen LogP contribution in [0.5, 0.6) is 0 Å². The molecule has 0 amide bonds. The number of ether oxygens (including phenoxy) is 1. The number of carbonyl (C=O) groups excluding carboxylic acids is 1.